The highest BCUT2D eigenvalue weighted by Crippen LogP contribution is 2.16. The molecule has 1 aliphatic rings. The van der Waals surface area contributed by atoms with Gasteiger partial charge in [-0.3, -0.25) is 14.3 Å². The molecular weight excluding hydrogens is 260 g/mol. The highest BCUT2D eigenvalue weighted by Gasteiger charge is 2.16. The molecule has 1 aliphatic heterocycles. The first-order chi connectivity index (χ1) is 9.63. The van der Waals surface area contributed by atoms with E-state index < -0.39 is 11.2 Å². The number of ether oxygens (including phenoxy) is 1. The van der Waals surface area contributed by atoms with E-state index in [4.69, 9.17) is 10.5 Å². The number of nitrogens with two attached hydrogens (primary N) is 1. The van der Waals surface area contributed by atoms with Gasteiger partial charge in [0.05, 0.1) is 6.61 Å². The summed E-state index contributed by atoms with van der Waals surface area (Å²) in [7, 11) is 0. The summed E-state index contributed by atoms with van der Waals surface area (Å²) in [5.74, 6) is 0.575. The van der Waals surface area contributed by atoms with Crippen LogP contribution in [-0.4, -0.2) is 29.3 Å². The molecule has 4 N–H and O–H groups in total. The summed E-state index contributed by atoms with van der Waals surface area (Å²) < 4.78 is 6.79. The van der Waals surface area contributed by atoms with Crippen LogP contribution in [0.1, 0.15) is 26.2 Å². The van der Waals surface area contributed by atoms with Crippen molar-refractivity contribution in [2.45, 2.75) is 32.7 Å². The van der Waals surface area contributed by atoms with E-state index in [0.717, 1.165) is 25.9 Å². The Hall–Kier alpha value is -1.76. The van der Waals surface area contributed by atoms with Gasteiger partial charge in [0.15, 0.2) is 0 Å². The quantitative estimate of drug-likeness (QED) is 0.724. The maximum Gasteiger partial charge on any atom is 0.330 e. The lowest BCUT2D eigenvalue weighted by molar-refractivity contribution is 0.0595. The van der Waals surface area contributed by atoms with Crippen LogP contribution in [0.3, 0.4) is 0 Å². The van der Waals surface area contributed by atoms with Crippen LogP contribution >= 0.6 is 0 Å². The Balaban J connectivity index is 2.16. The van der Waals surface area contributed by atoms with E-state index in [1.807, 2.05) is 6.92 Å². The standard InChI is InChI=1S/C13H22N4O3/c1-2-5-17-11(14)10(12(18)16-13(17)19)15-7-9-4-3-6-20-8-9/h9,15H,2-8,14H2,1H3,(H,16,18,19). The predicted octanol–water partition coefficient (Wildman–Crippen LogP) is 0.367. The molecule has 2 rings (SSSR count). The minimum Gasteiger partial charge on any atom is -0.383 e. The van der Waals surface area contributed by atoms with Gasteiger partial charge in [-0.1, -0.05) is 6.92 Å². The average Bonchev–Trinajstić information content (AvgIpc) is 2.44. The van der Waals surface area contributed by atoms with E-state index >= 15 is 0 Å². The third kappa shape index (κ3) is 3.22. The van der Waals surface area contributed by atoms with Gasteiger partial charge in [-0.25, -0.2) is 4.79 Å². The average molecular weight is 282 g/mol. The lowest BCUT2D eigenvalue weighted by atomic mass is 10.0. The van der Waals surface area contributed by atoms with Gasteiger partial charge >= 0.3 is 5.69 Å². The molecule has 1 fully saturated rings. The molecular formula is C13H22N4O3. The number of anilines is 2. The van der Waals surface area contributed by atoms with Gasteiger partial charge in [0.25, 0.3) is 5.56 Å². The molecule has 0 amide bonds. The number of aromatic amines is 1. The molecule has 20 heavy (non-hydrogen) atoms. The van der Waals surface area contributed by atoms with Crippen LogP contribution in [0.2, 0.25) is 0 Å². The smallest absolute Gasteiger partial charge is 0.330 e. The summed E-state index contributed by atoms with van der Waals surface area (Å²) in [5.41, 5.74) is 5.30. The molecule has 1 unspecified atom stereocenters. The molecule has 0 aliphatic carbocycles. The van der Waals surface area contributed by atoms with Crippen LogP contribution in [0, 0.1) is 5.92 Å². The van der Waals surface area contributed by atoms with Crippen LogP contribution in [0.25, 0.3) is 0 Å². The molecule has 0 bridgehead atoms. The van der Waals surface area contributed by atoms with E-state index in [0.29, 0.717) is 25.6 Å². The number of hydrogen-bond acceptors (Lipinski definition) is 5. The van der Waals surface area contributed by atoms with Gasteiger partial charge in [-0.15, -0.1) is 0 Å². The Morgan fingerprint density at radius 3 is 2.95 bits per heavy atom. The third-order valence-electron chi connectivity index (χ3n) is 3.51. The van der Waals surface area contributed by atoms with Crippen LogP contribution in [0.5, 0.6) is 0 Å². The minimum absolute atomic E-state index is 0.206. The molecule has 0 saturated carbocycles. The number of nitrogen functional groups attached to an aromatic ring is 1. The second-order valence-electron chi connectivity index (χ2n) is 5.14. The Morgan fingerprint density at radius 1 is 1.50 bits per heavy atom. The molecule has 1 saturated heterocycles. The summed E-state index contributed by atoms with van der Waals surface area (Å²) in [5, 5.41) is 3.07. The zero-order valence-electron chi connectivity index (χ0n) is 11.8. The summed E-state index contributed by atoms with van der Waals surface area (Å²) in [6.45, 7) is 4.56. The van der Waals surface area contributed by atoms with Crippen LogP contribution in [0.4, 0.5) is 11.5 Å². The fourth-order valence-electron chi connectivity index (χ4n) is 2.42. The Labute approximate surface area is 117 Å². The number of rotatable bonds is 5. The maximum atomic E-state index is 11.8. The molecule has 2 heterocycles. The maximum absolute atomic E-state index is 11.8. The molecule has 0 spiro atoms. The van der Waals surface area contributed by atoms with E-state index in [2.05, 4.69) is 10.3 Å². The first kappa shape index (κ1) is 14.6. The first-order valence-electron chi connectivity index (χ1n) is 7.07. The lowest BCUT2D eigenvalue weighted by Gasteiger charge is -2.23. The van der Waals surface area contributed by atoms with Gasteiger partial charge in [-0.2, -0.15) is 0 Å². The van der Waals surface area contributed by atoms with Crippen molar-refractivity contribution in [3.05, 3.63) is 20.8 Å². The zero-order valence-corrected chi connectivity index (χ0v) is 11.8. The number of nitrogens with zero attached hydrogens (tertiary/aromatic N) is 1. The molecule has 1 aromatic heterocycles. The monoisotopic (exact) mass is 282 g/mol. The fourth-order valence-corrected chi connectivity index (χ4v) is 2.42. The molecule has 0 radical (unpaired) electrons. The Bertz CT molecular complexity index is 558. The topological polar surface area (TPSA) is 102 Å². The largest absolute Gasteiger partial charge is 0.383 e. The Morgan fingerprint density at radius 2 is 2.30 bits per heavy atom. The third-order valence-corrected chi connectivity index (χ3v) is 3.51. The van der Waals surface area contributed by atoms with E-state index in [1.54, 1.807) is 0 Å². The molecule has 0 aromatic carbocycles. The zero-order chi connectivity index (χ0) is 14.5. The second-order valence-corrected chi connectivity index (χ2v) is 5.14. The second kappa shape index (κ2) is 6.60. The summed E-state index contributed by atoms with van der Waals surface area (Å²) in [4.78, 5) is 25.8. The van der Waals surface area contributed by atoms with E-state index in [1.165, 1.54) is 4.57 Å². The summed E-state index contributed by atoms with van der Waals surface area (Å²) in [6, 6.07) is 0. The minimum atomic E-state index is -0.461. The van der Waals surface area contributed by atoms with Crippen LogP contribution in [-0.2, 0) is 11.3 Å². The predicted molar refractivity (Wildman–Crippen MR) is 78.1 cm³/mol. The van der Waals surface area contributed by atoms with Crippen LogP contribution < -0.4 is 22.3 Å². The highest BCUT2D eigenvalue weighted by molar-refractivity contribution is 5.60. The Kier molecular flexibility index (Phi) is 4.84. The van der Waals surface area contributed by atoms with Crippen molar-refractivity contribution in [3.8, 4) is 0 Å². The van der Waals surface area contributed by atoms with E-state index in [9.17, 15) is 9.59 Å². The molecule has 1 atom stereocenters. The number of nitrogens with one attached hydrogen (secondary N) is 2. The van der Waals surface area contributed by atoms with Gasteiger partial charge < -0.3 is 15.8 Å². The van der Waals surface area contributed by atoms with Gasteiger partial charge in [-0.05, 0) is 25.2 Å². The molecule has 7 nitrogen and oxygen atoms in total. The summed E-state index contributed by atoms with van der Waals surface area (Å²) >= 11 is 0. The van der Waals surface area contributed by atoms with Crippen molar-refractivity contribution in [2.75, 3.05) is 30.8 Å². The van der Waals surface area contributed by atoms with Gasteiger partial charge in [0.2, 0.25) is 0 Å². The molecule has 112 valence electrons. The van der Waals surface area contributed by atoms with Crippen molar-refractivity contribution >= 4 is 11.5 Å². The van der Waals surface area contributed by atoms with Crippen molar-refractivity contribution in [1.29, 1.82) is 0 Å². The normalized spacial score (nSPS) is 18.9. The fraction of sp³-hybridized carbons (Fsp3) is 0.692. The van der Waals surface area contributed by atoms with Gasteiger partial charge in [0, 0.05) is 19.7 Å². The van der Waals surface area contributed by atoms with Crippen LogP contribution in [0.15, 0.2) is 9.59 Å². The summed E-state index contributed by atoms with van der Waals surface area (Å²) in [6.07, 6.45) is 2.87. The van der Waals surface area contributed by atoms with Crippen molar-refractivity contribution in [3.63, 3.8) is 0 Å². The molecule has 7 heteroatoms. The van der Waals surface area contributed by atoms with Crippen molar-refractivity contribution < 1.29 is 4.74 Å². The van der Waals surface area contributed by atoms with Crippen molar-refractivity contribution in [2.24, 2.45) is 5.92 Å². The SMILES string of the molecule is CCCn1c(N)c(NCC2CCCOC2)c(=O)[nH]c1=O. The first-order valence-corrected chi connectivity index (χ1v) is 7.07. The number of hydrogen-bond donors (Lipinski definition) is 3. The van der Waals surface area contributed by atoms with Crippen molar-refractivity contribution in [1.82, 2.24) is 9.55 Å². The molecule has 1 aromatic rings. The number of H-pyrrole nitrogens is 1. The number of aromatic nitrogens is 2. The lowest BCUT2D eigenvalue weighted by Crippen LogP contribution is -2.35. The van der Waals surface area contributed by atoms with Gasteiger partial charge in [0.1, 0.15) is 11.5 Å². The van der Waals surface area contributed by atoms with E-state index in [-0.39, 0.29) is 11.5 Å². The highest BCUT2D eigenvalue weighted by atomic mass is 16.5.